The molecule has 1 amide bonds. The molecule has 2 N–H and O–H groups in total. The van der Waals surface area contributed by atoms with Crippen LogP contribution in [0, 0.1) is 5.92 Å². The van der Waals surface area contributed by atoms with Crippen molar-refractivity contribution in [2.45, 2.75) is 19.8 Å². The number of aromatic carboxylic acids is 1. The van der Waals surface area contributed by atoms with Crippen molar-refractivity contribution >= 4 is 34.7 Å². The lowest BCUT2D eigenvalue weighted by atomic mass is 10.00. The maximum Gasteiger partial charge on any atom is 0.339 e. The predicted octanol–water partition coefficient (Wildman–Crippen LogP) is 3.33. The van der Waals surface area contributed by atoms with Gasteiger partial charge in [0.2, 0.25) is 0 Å². The van der Waals surface area contributed by atoms with E-state index in [0.717, 1.165) is 25.9 Å². The van der Waals surface area contributed by atoms with Crippen molar-refractivity contribution < 1.29 is 14.7 Å². The molecule has 1 atom stereocenters. The summed E-state index contributed by atoms with van der Waals surface area (Å²) in [4.78, 5) is 30.6. The molecule has 0 bridgehead atoms. The Morgan fingerprint density at radius 1 is 1.46 bits per heavy atom. The quantitative estimate of drug-likeness (QED) is 0.888. The van der Waals surface area contributed by atoms with Crippen molar-refractivity contribution in [2.75, 3.05) is 23.3 Å². The van der Waals surface area contributed by atoms with Crippen LogP contribution < -0.4 is 10.2 Å². The highest BCUT2D eigenvalue weighted by Crippen LogP contribution is 2.26. The first-order chi connectivity index (χ1) is 11.5. The topological polar surface area (TPSA) is 82.5 Å². The molecule has 3 heterocycles. The molecule has 0 aromatic carbocycles. The first-order valence-electron chi connectivity index (χ1n) is 7.87. The number of piperidine rings is 1. The Morgan fingerprint density at radius 2 is 2.29 bits per heavy atom. The van der Waals surface area contributed by atoms with Crippen LogP contribution in [0.2, 0.25) is 0 Å². The van der Waals surface area contributed by atoms with Crippen molar-refractivity contribution in [1.29, 1.82) is 0 Å². The first-order valence-corrected chi connectivity index (χ1v) is 8.75. The van der Waals surface area contributed by atoms with E-state index in [1.54, 1.807) is 12.1 Å². The van der Waals surface area contributed by atoms with Crippen LogP contribution >= 0.6 is 11.3 Å². The number of nitrogens with zero attached hydrogens (tertiary/aromatic N) is 2. The van der Waals surface area contributed by atoms with Crippen LogP contribution in [0.3, 0.4) is 0 Å². The van der Waals surface area contributed by atoms with Gasteiger partial charge in [0.25, 0.3) is 5.91 Å². The normalized spacial score (nSPS) is 17.5. The van der Waals surface area contributed by atoms with Crippen LogP contribution in [0.15, 0.2) is 29.8 Å². The van der Waals surface area contributed by atoms with E-state index in [0.29, 0.717) is 22.3 Å². The van der Waals surface area contributed by atoms with Gasteiger partial charge in [-0.25, -0.2) is 9.78 Å². The van der Waals surface area contributed by atoms with Gasteiger partial charge >= 0.3 is 5.97 Å². The Bertz CT molecular complexity index is 746. The minimum absolute atomic E-state index is 0.119. The lowest BCUT2D eigenvalue weighted by molar-refractivity contribution is 0.0696. The van der Waals surface area contributed by atoms with E-state index in [2.05, 4.69) is 17.2 Å². The third-order valence-corrected chi connectivity index (χ3v) is 4.93. The van der Waals surface area contributed by atoms with E-state index in [-0.39, 0.29) is 11.5 Å². The molecule has 1 aliphatic rings. The summed E-state index contributed by atoms with van der Waals surface area (Å²) in [7, 11) is 0. The van der Waals surface area contributed by atoms with Crippen molar-refractivity contribution in [3.8, 4) is 0 Å². The molecule has 0 spiro atoms. The molecule has 2 aromatic heterocycles. The van der Waals surface area contributed by atoms with Crippen LogP contribution in [0.25, 0.3) is 0 Å². The largest absolute Gasteiger partial charge is 0.478 e. The molecule has 24 heavy (non-hydrogen) atoms. The SMILES string of the molecule is C[C@H]1CCCN(c2ncc(NC(=O)c3cccs3)cc2C(=O)O)C1. The number of thiophene rings is 1. The molecule has 6 nitrogen and oxygen atoms in total. The fraction of sp³-hybridized carbons (Fsp3) is 0.353. The smallest absolute Gasteiger partial charge is 0.339 e. The predicted molar refractivity (Wildman–Crippen MR) is 94.1 cm³/mol. The maximum absolute atomic E-state index is 12.1. The third kappa shape index (κ3) is 3.56. The fourth-order valence-electron chi connectivity index (χ4n) is 2.92. The molecule has 2 aromatic rings. The van der Waals surface area contributed by atoms with Gasteiger partial charge in [0, 0.05) is 13.1 Å². The van der Waals surface area contributed by atoms with Crippen molar-refractivity contribution in [3.05, 3.63) is 40.2 Å². The molecule has 0 aliphatic carbocycles. The molecular formula is C17H19N3O3S. The van der Waals surface area contributed by atoms with E-state index in [1.165, 1.54) is 23.6 Å². The van der Waals surface area contributed by atoms with E-state index < -0.39 is 5.97 Å². The number of amides is 1. The number of carbonyl (C=O) groups excluding carboxylic acids is 1. The lowest BCUT2D eigenvalue weighted by Gasteiger charge is -2.32. The molecule has 1 saturated heterocycles. The Morgan fingerprint density at radius 3 is 2.96 bits per heavy atom. The number of hydrogen-bond acceptors (Lipinski definition) is 5. The van der Waals surface area contributed by atoms with Gasteiger partial charge in [-0.15, -0.1) is 11.3 Å². The molecule has 7 heteroatoms. The molecule has 126 valence electrons. The van der Waals surface area contributed by atoms with Gasteiger partial charge in [0.05, 0.1) is 16.8 Å². The number of hydrogen-bond donors (Lipinski definition) is 2. The highest BCUT2D eigenvalue weighted by molar-refractivity contribution is 7.12. The number of rotatable bonds is 4. The summed E-state index contributed by atoms with van der Waals surface area (Å²) < 4.78 is 0. The highest BCUT2D eigenvalue weighted by Gasteiger charge is 2.23. The molecular weight excluding hydrogens is 326 g/mol. The van der Waals surface area contributed by atoms with Gasteiger partial charge < -0.3 is 15.3 Å². The Kier molecular flexibility index (Phi) is 4.80. The number of carbonyl (C=O) groups is 2. The number of carboxylic acid groups (broad SMARTS) is 1. The molecule has 0 unspecified atom stereocenters. The average Bonchev–Trinajstić information content (AvgIpc) is 3.09. The summed E-state index contributed by atoms with van der Waals surface area (Å²) in [6.45, 7) is 3.76. The van der Waals surface area contributed by atoms with E-state index in [9.17, 15) is 14.7 Å². The standard InChI is InChI=1S/C17H19N3O3S/c1-11-4-2-6-20(10-11)15-13(17(22)23)8-12(9-18-15)19-16(21)14-5-3-7-24-14/h3,5,7-9,11H,2,4,6,10H2,1H3,(H,19,21)(H,22,23)/t11-/m0/s1. The highest BCUT2D eigenvalue weighted by atomic mass is 32.1. The molecule has 1 aliphatic heterocycles. The zero-order chi connectivity index (χ0) is 17.1. The lowest BCUT2D eigenvalue weighted by Crippen LogP contribution is -2.36. The summed E-state index contributed by atoms with van der Waals surface area (Å²) in [5.41, 5.74) is 0.507. The fourth-order valence-corrected chi connectivity index (χ4v) is 3.54. The Hall–Kier alpha value is -2.41. The van der Waals surface area contributed by atoms with Crippen LogP contribution in [0.5, 0.6) is 0 Å². The molecule has 0 radical (unpaired) electrons. The minimum atomic E-state index is -1.04. The summed E-state index contributed by atoms with van der Waals surface area (Å²) in [5.74, 6) is -0.311. The number of nitrogens with one attached hydrogen (secondary N) is 1. The summed E-state index contributed by atoms with van der Waals surface area (Å²) in [6, 6.07) is 4.99. The average molecular weight is 345 g/mol. The Labute approximate surface area is 144 Å². The van der Waals surface area contributed by atoms with Gasteiger partial charge in [-0.1, -0.05) is 13.0 Å². The number of aromatic nitrogens is 1. The second kappa shape index (κ2) is 7.00. The summed E-state index contributed by atoms with van der Waals surface area (Å²) in [6.07, 6.45) is 3.69. The van der Waals surface area contributed by atoms with Gasteiger partial charge in [0.15, 0.2) is 0 Å². The molecule has 0 saturated carbocycles. The van der Waals surface area contributed by atoms with Crippen molar-refractivity contribution in [1.82, 2.24) is 4.98 Å². The van der Waals surface area contributed by atoms with E-state index >= 15 is 0 Å². The van der Waals surface area contributed by atoms with Crippen LogP contribution in [0.1, 0.15) is 39.8 Å². The summed E-state index contributed by atoms with van der Waals surface area (Å²) in [5, 5.41) is 14.0. The molecule has 1 fully saturated rings. The van der Waals surface area contributed by atoms with Gasteiger partial charge in [-0.3, -0.25) is 4.79 Å². The van der Waals surface area contributed by atoms with Crippen molar-refractivity contribution in [2.24, 2.45) is 5.92 Å². The zero-order valence-electron chi connectivity index (χ0n) is 13.4. The van der Waals surface area contributed by atoms with E-state index in [4.69, 9.17) is 0 Å². The van der Waals surface area contributed by atoms with Crippen LogP contribution in [-0.4, -0.2) is 35.1 Å². The monoisotopic (exact) mass is 345 g/mol. The van der Waals surface area contributed by atoms with Gasteiger partial charge in [0.1, 0.15) is 11.4 Å². The number of carboxylic acids is 1. The van der Waals surface area contributed by atoms with Gasteiger partial charge in [-0.05, 0) is 36.3 Å². The Balaban J connectivity index is 1.84. The summed E-state index contributed by atoms with van der Waals surface area (Å²) >= 11 is 1.33. The van der Waals surface area contributed by atoms with Crippen LogP contribution in [0.4, 0.5) is 11.5 Å². The minimum Gasteiger partial charge on any atom is -0.478 e. The number of anilines is 2. The zero-order valence-corrected chi connectivity index (χ0v) is 14.2. The van der Waals surface area contributed by atoms with Crippen LogP contribution in [-0.2, 0) is 0 Å². The second-order valence-electron chi connectivity index (χ2n) is 6.03. The second-order valence-corrected chi connectivity index (χ2v) is 6.97. The van der Waals surface area contributed by atoms with E-state index in [1.807, 2.05) is 10.3 Å². The third-order valence-electron chi connectivity index (χ3n) is 4.06. The van der Waals surface area contributed by atoms with Crippen molar-refractivity contribution in [3.63, 3.8) is 0 Å². The molecule has 3 rings (SSSR count). The first kappa shape index (κ1) is 16.4. The van der Waals surface area contributed by atoms with Gasteiger partial charge in [-0.2, -0.15) is 0 Å². The number of pyridine rings is 1. The maximum atomic E-state index is 12.1.